The second-order valence-corrected chi connectivity index (χ2v) is 5.91. The molecule has 2 heteroatoms. The van der Waals surface area contributed by atoms with Crippen molar-refractivity contribution in [3.05, 3.63) is 33.4 Å². The Labute approximate surface area is 113 Å². The van der Waals surface area contributed by atoms with Crippen molar-refractivity contribution in [3.63, 3.8) is 0 Å². The Morgan fingerprint density at radius 1 is 1.19 bits per heavy atom. The molecule has 1 N–H and O–H groups in total. The number of hydrogen-bond donors (Lipinski definition) is 1. The van der Waals surface area contributed by atoms with Gasteiger partial charge in [0.1, 0.15) is 0 Å². The molecule has 1 rings (SSSR count). The monoisotopic (exact) mass is 331 g/mol. The fourth-order valence-electron chi connectivity index (χ4n) is 1.72. The third kappa shape index (κ3) is 5.30. The smallest absolute Gasteiger partial charge is 0.0130 e. The zero-order chi connectivity index (χ0) is 12.0. The minimum absolute atomic E-state index is 0.589. The fourth-order valence-corrected chi connectivity index (χ4v) is 2.08. The van der Waals surface area contributed by atoms with Crippen molar-refractivity contribution < 1.29 is 0 Å². The maximum absolute atomic E-state index is 3.53. The van der Waals surface area contributed by atoms with Gasteiger partial charge in [0.15, 0.2) is 0 Å². The molecule has 0 aromatic heterocycles. The van der Waals surface area contributed by atoms with Crippen LogP contribution in [0.4, 0.5) is 0 Å². The molecule has 0 aliphatic heterocycles. The van der Waals surface area contributed by atoms with E-state index in [-0.39, 0.29) is 0 Å². The largest absolute Gasteiger partial charge is 0.314 e. The van der Waals surface area contributed by atoms with Gasteiger partial charge in [0.2, 0.25) is 0 Å². The lowest BCUT2D eigenvalue weighted by molar-refractivity contribution is 0.436. The maximum atomic E-state index is 3.53. The van der Waals surface area contributed by atoms with Crippen LogP contribution in [0.15, 0.2) is 24.3 Å². The van der Waals surface area contributed by atoms with Crippen LogP contribution in [0.3, 0.4) is 0 Å². The number of halogens is 1. The minimum atomic E-state index is 0.589. The van der Waals surface area contributed by atoms with E-state index in [2.05, 4.69) is 72.9 Å². The molecule has 1 aromatic rings. The highest BCUT2D eigenvalue weighted by Crippen LogP contribution is 2.13. The summed E-state index contributed by atoms with van der Waals surface area (Å²) < 4.78 is 1.31. The van der Waals surface area contributed by atoms with Gasteiger partial charge in [0.25, 0.3) is 0 Å². The predicted molar refractivity (Wildman–Crippen MR) is 79.8 cm³/mol. The maximum Gasteiger partial charge on any atom is 0.0130 e. The van der Waals surface area contributed by atoms with Crippen LogP contribution < -0.4 is 5.32 Å². The molecule has 1 nitrogen and oxygen atoms in total. The van der Waals surface area contributed by atoms with E-state index < -0.39 is 0 Å². The van der Waals surface area contributed by atoms with Crippen molar-refractivity contribution in [1.82, 2.24) is 5.32 Å². The Bertz CT molecular complexity index is 292. The van der Waals surface area contributed by atoms with Gasteiger partial charge in [-0.25, -0.2) is 0 Å². The van der Waals surface area contributed by atoms with E-state index in [1.807, 2.05) is 0 Å². The van der Waals surface area contributed by atoms with E-state index in [4.69, 9.17) is 0 Å². The second kappa shape index (κ2) is 7.28. The minimum Gasteiger partial charge on any atom is -0.314 e. The first-order valence-electron chi connectivity index (χ1n) is 6.09. The number of nitrogens with one attached hydrogen (secondary N) is 1. The van der Waals surface area contributed by atoms with Crippen LogP contribution in [0, 0.1) is 9.49 Å². The van der Waals surface area contributed by atoms with Crippen LogP contribution in [0.25, 0.3) is 0 Å². The topological polar surface area (TPSA) is 12.0 Å². The van der Waals surface area contributed by atoms with Gasteiger partial charge in [-0.3, -0.25) is 0 Å². The molecular weight excluding hydrogens is 309 g/mol. The Morgan fingerprint density at radius 2 is 1.81 bits per heavy atom. The molecule has 0 aliphatic rings. The molecule has 90 valence electrons. The van der Waals surface area contributed by atoms with Crippen molar-refractivity contribution in [2.24, 2.45) is 5.92 Å². The third-order valence-electron chi connectivity index (χ3n) is 2.83. The molecule has 0 amide bonds. The lowest BCUT2D eigenvalue weighted by atomic mass is 9.97. The SMILES string of the molecule is CCC(CNC(C)C)Cc1ccc(I)cc1. The molecule has 0 radical (unpaired) electrons. The van der Waals surface area contributed by atoms with Gasteiger partial charge in [-0.15, -0.1) is 0 Å². The molecule has 0 fully saturated rings. The van der Waals surface area contributed by atoms with Gasteiger partial charge in [-0.05, 0) is 59.2 Å². The van der Waals surface area contributed by atoms with Crippen LogP contribution >= 0.6 is 22.6 Å². The van der Waals surface area contributed by atoms with Crippen LogP contribution in [-0.2, 0) is 6.42 Å². The lowest BCUT2D eigenvalue weighted by Crippen LogP contribution is -2.29. The van der Waals surface area contributed by atoms with Gasteiger partial charge in [0.05, 0.1) is 0 Å². The highest BCUT2D eigenvalue weighted by Gasteiger charge is 2.07. The molecule has 1 aromatic carbocycles. The van der Waals surface area contributed by atoms with Crippen LogP contribution in [-0.4, -0.2) is 12.6 Å². The Balaban J connectivity index is 2.46. The van der Waals surface area contributed by atoms with Gasteiger partial charge >= 0.3 is 0 Å². The van der Waals surface area contributed by atoms with Crippen LogP contribution in [0.2, 0.25) is 0 Å². The highest BCUT2D eigenvalue weighted by molar-refractivity contribution is 14.1. The zero-order valence-electron chi connectivity index (χ0n) is 10.5. The van der Waals surface area contributed by atoms with Gasteiger partial charge < -0.3 is 5.32 Å². The fraction of sp³-hybridized carbons (Fsp3) is 0.571. The van der Waals surface area contributed by atoms with Crippen molar-refractivity contribution in [3.8, 4) is 0 Å². The van der Waals surface area contributed by atoms with E-state index in [1.165, 1.54) is 22.0 Å². The molecule has 0 spiro atoms. The molecule has 0 bridgehead atoms. The summed E-state index contributed by atoms with van der Waals surface area (Å²) in [5.41, 5.74) is 1.46. The molecule has 0 saturated heterocycles. The first kappa shape index (κ1) is 14.0. The lowest BCUT2D eigenvalue weighted by Gasteiger charge is -2.17. The first-order valence-corrected chi connectivity index (χ1v) is 7.17. The van der Waals surface area contributed by atoms with E-state index >= 15 is 0 Å². The van der Waals surface area contributed by atoms with E-state index in [1.54, 1.807) is 0 Å². The first-order chi connectivity index (χ1) is 7.61. The van der Waals surface area contributed by atoms with Crippen molar-refractivity contribution in [2.75, 3.05) is 6.54 Å². The molecule has 16 heavy (non-hydrogen) atoms. The summed E-state index contributed by atoms with van der Waals surface area (Å²) in [5, 5.41) is 3.53. The van der Waals surface area contributed by atoms with Crippen molar-refractivity contribution >= 4 is 22.6 Å². The zero-order valence-corrected chi connectivity index (χ0v) is 12.6. The quantitative estimate of drug-likeness (QED) is 0.781. The summed E-state index contributed by atoms with van der Waals surface area (Å²) in [7, 11) is 0. The molecule has 1 atom stereocenters. The molecule has 1 unspecified atom stereocenters. The van der Waals surface area contributed by atoms with Gasteiger partial charge in [0, 0.05) is 9.61 Å². The molecule has 0 aliphatic carbocycles. The van der Waals surface area contributed by atoms with Crippen molar-refractivity contribution in [1.29, 1.82) is 0 Å². The van der Waals surface area contributed by atoms with E-state index in [9.17, 15) is 0 Å². The Morgan fingerprint density at radius 3 is 2.31 bits per heavy atom. The summed E-state index contributed by atoms with van der Waals surface area (Å²) >= 11 is 2.35. The normalized spacial score (nSPS) is 13.1. The average Bonchev–Trinajstić information content (AvgIpc) is 2.26. The second-order valence-electron chi connectivity index (χ2n) is 4.67. The van der Waals surface area contributed by atoms with Crippen LogP contribution in [0.5, 0.6) is 0 Å². The number of hydrogen-bond acceptors (Lipinski definition) is 1. The van der Waals surface area contributed by atoms with E-state index in [0.29, 0.717) is 6.04 Å². The summed E-state index contributed by atoms with van der Waals surface area (Å²) in [6, 6.07) is 9.47. The number of rotatable bonds is 6. The van der Waals surface area contributed by atoms with Crippen LogP contribution in [0.1, 0.15) is 32.8 Å². The van der Waals surface area contributed by atoms with E-state index in [0.717, 1.165) is 12.5 Å². The summed E-state index contributed by atoms with van der Waals surface area (Å²) in [4.78, 5) is 0. The standard InChI is InChI=1S/C14H22IN/c1-4-12(10-16-11(2)3)9-13-5-7-14(15)8-6-13/h5-8,11-12,16H,4,9-10H2,1-3H3. The van der Waals surface area contributed by atoms with Gasteiger partial charge in [-0.1, -0.05) is 39.3 Å². The van der Waals surface area contributed by atoms with Gasteiger partial charge in [-0.2, -0.15) is 0 Å². The molecule has 0 saturated carbocycles. The summed E-state index contributed by atoms with van der Waals surface area (Å²) in [6.07, 6.45) is 2.43. The molecule has 0 heterocycles. The Hall–Kier alpha value is -0.0900. The number of benzene rings is 1. The van der Waals surface area contributed by atoms with Crippen molar-refractivity contribution in [2.45, 2.75) is 39.7 Å². The molecular formula is C14H22IN. The summed E-state index contributed by atoms with van der Waals surface area (Å²) in [6.45, 7) is 7.81. The summed E-state index contributed by atoms with van der Waals surface area (Å²) in [5.74, 6) is 0.752. The Kier molecular flexibility index (Phi) is 6.36. The average molecular weight is 331 g/mol. The predicted octanol–water partition coefficient (Wildman–Crippen LogP) is 3.86. The third-order valence-corrected chi connectivity index (χ3v) is 3.55. The highest BCUT2D eigenvalue weighted by atomic mass is 127.